The number of hydrogen-bond donors (Lipinski definition) is 2. The van der Waals surface area contributed by atoms with Gasteiger partial charge < -0.3 is 10.4 Å². The molecule has 0 aliphatic rings. The van der Waals surface area contributed by atoms with Gasteiger partial charge in [0.05, 0.1) is 23.0 Å². The first-order valence-electron chi connectivity index (χ1n) is 8.33. The van der Waals surface area contributed by atoms with Crippen molar-refractivity contribution < 1.29 is 14.3 Å². The van der Waals surface area contributed by atoms with Crippen LogP contribution in [-0.4, -0.2) is 38.4 Å². The number of amides is 1. The predicted octanol–water partition coefficient (Wildman–Crippen LogP) is 2.20. The lowest BCUT2D eigenvalue weighted by Gasteiger charge is -2.13. The zero-order valence-corrected chi connectivity index (χ0v) is 15.5. The largest absolute Gasteiger partial charge is 0.394 e. The van der Waals surface area contributed by atoms with E-state index in [1.54, 1.807) is 19.1 Å². The van der Waals surface area contributed by atoms with Crippen molar-refractivity contribution in [3.8, 4) is 17.1 Å². The van der Waals surface area contributed by atoms with E-state index >= 15 is 0 Å². The summed E-state index contributed by atoms with van der Waals surface area (Å²) in [6.07, 6.45) is 1.41. The van der Waals surface area contributed by atoms with Crippen molar-refractivity contribution in [1.29, 1.82) is 0 Å². The van der Waals surface area contributed by atoms with Crippen LogP contribution in [0, 0.1) is 5.82 Å². The molecule has 144 valence electrons. The van der Waals surface area contributed by atoms with Gasteiger partial charge in [-0.2, -0.15) is 9.78 Å². The van der Waals surface area contributed by atoms with Crippen molar-refractivity contribution in [2.75, 3.05) is 6.61 Å². The fourth-order valence-corrected chi connectivity index (χ4v) is 2.55. The van der Waals surface area contributed by atoms with Crippen LogP contribution in [0.1, 0.15) is 17.3 Å². The summed E-state index contributed by atoms with van der Waals surface area (Å²) in [5.74, 6) is -1.24. The van der Waals surface area contributed by atoms with E-state index in [-0.39, 0.29) is 23.6 Å². The van der Waals surface area contributed by atoms with Crippen molar-refractivity contribution in [2.24, 2.45) is 0 Å². The van der Waals surface area contributed by atoms with Gasteiger partial charge in [-0.1, -0.05) is 17.7 Å². The number of halogens is 2. The Balaban J connectivity index is 2.19. The molecule has 0 aliphatic heterocycles. The number of nitrogens with one attached hydrogen (secondary N) is 1. The standard InChI is InChI=1S/C19H16ClFN4O3/c1-11(10-26)23-18(27)15-8-17(16-6-5-12(20)9-22-16)24-25(19(15)28)14-4-2-3-13(21)7-14/h2-9,11,26H,10H2,1H3,(H,23,27)/t11-/m0/s1. The van der Waals surface area contributed by atoms with Gasteiger partial charge >= 0.3 is 0 Å². The highest BCUT2D eigenvalue weighted by Crippen LogP contribution is 2.18. The van der Waals surface area contributed by atoms with Gasteiger partial charge in [0.15, 0.2) is 0 Å². The Kier molecular flexibility index (Phi) is 5.81. The summed E-state index contributed by atoms with van der Waals surface area (Å²) in [5, 5.41) is 16.3. The van der Waals surface area contributed by atoms with Gasteiger partial charge in [-0.15, -0.1) is 0 Å². The van der Waals surface area contributed by atoms with Crippen LogP contribution in [0.3, 0.4) is 0 Å². The fourth-order valence-electron chi connectivity index (χ4n) is 2.44. The summed E-state index contributed by atoms with van der Waals surface area (Å²) < 4.78 is 14.6. The maximum Gasteiger partial charge on any atom is 0.284 e. The van der Waals surface area contributed by atoms with Gasteiger partial charge in [0.1, 0.15) is 17.1 Å². The minimum Gasteiger partial charge on any atom is -0.394 e. The normalized spacial score (nSPS) is 11.9. The topological polar surface area (TPSA) is 97.1 Å². The highest BCUT2D eigenvalue weighted by molar-refractivity contribution is 6.30. The third-order valence-electron chi connectivity index (χ3n) is 3.85. The molecule has 28 heavy (non-hydrogen) atoms. The molecule has 1 aromatic carbocycles. The highest BCUT2D eigenvalue weighted by atomic mass is 35.5. The Morgan fingerprint density at radius 3 is 2.71 bits per heavy atom. The monoisotopic (exact) mass is 402 g/mol. The molecule has 0 saturated heterocycles. The predicted molar refractivity (Wildman–Crippen MR) is 102 cm³/mol. The van der Waals surface area contributed by atoms with Gasteiger partial charge in [-0.25, -0.2) is 4.39 Å². The number of nitrogens with zero attached hydrogens (tertiary/aromatic N) is 3. The molecular weight excluding hydrogens is 387 g/mol. The second kappa shape index (κ2) is 8.28. The molecule has 0 saturated carbocycles. The van der Waals surface area contributed by atoms with Crippen molar-refractivity contribution >= 4 is 17.5 Å². The molecule has 0 bridgehead atoms. The van der Waals surface area contributed by atoms with Crippen LogP contribution in [-0.2, 0) is 0 Å². The Morgan fingerprint density at radius 1 is 1.29 bits per heavy atom. The maximum absolute atomic E-state index is 13.7. The number of aliphatic hydroxyl groups excluding tert-OH is 1. The summed E-state index contributed by atoms with van der Waals surface area (Å²) in [4.78, 5) is 29.5. The van der Waals surface area contributed by atoms with E-state index in [4.69, 9.17) is 16.7 Å². The first kappa shape index (κ1) is 19.7. The van der Waals surface area contributed by atoms with Crippen LogP contribution in [0.2, 0.25) is 5.02 Å². The molecule has 0 radical (unpaired) electrons. The van der Waals surface area contributed by atoms with Crippen LogP contribution in [0.4, 0.5) is 4.39 Å². The fraction of sp³-hybridized carbons (Fsp3) is 0.158. The second-order valence-electron chi connectivity index (χ2n) is 6.06. The van der Waals surface area contributed by atoms with Crippen molar-refractivity contribution in [3.05, 3.63) is 75.4 Å². The van der Waals surface area contributed by atoms with Gasteiger partial charge in [0, 0.05) is 12.2 Å². The van der Waals surface area contributed by atoms with E-state index in [9.17, 15) is 14.0 Å². The summed E-state index contributed by atoms with van der Waals surface area (Å²) in [7, 11) is 0. The summed E-state index contributed by atoms with van der Waals surface area (Å²) in [5.41, 5.74) is -0.191. The van der Waals surface area contributed by atoms with Gasteiger partial charge in [-0.3, -0.25) is 14.6 Å². The van der Waals surface area contributed by atoms with Crippen LogP contribution < -0.4 is 10.9 Å². The zero-order chi connectivity index (χ0) is 20.3. The lowest BCUT2D eigenvalue weighted by molar-refractivity contribution is 0.0920. The van der Waals surface area contributed by atoms with Gasteiger partial charge in [0.25, 0.3) is 11.5 Å². The number of carbonyl (C=O) groups excluding carboxylic acids is 1. The van der Waals surface area contributed by atoms with E-state index in [2.05, 4.69) is 15.4 Å². The molecule has 2 aromatic heterocycles. The number of benzene rings is 1. The summed E-state index contributed by atoms with van der Waals surface area (Å²) in [6, 6.07) is 9.21. The third kappa shape index (κ3) is 4.24. The first-order valence-corrected chi connectivity index (χ1v) is 8.71. The van der Waals surface area contributed by atoms with Crippen LogP contribution in [0.5, 0.6) is 0 Å². The molecule has 9 heteroatoms. The Bertz CT molecular complexity index is 1070. The average molecular weight is 403 g/mol. The number of aromatic nitrogens is 3. The molecule has 3 rings (SSSR count). The van der Waals surface area contributed by atoms with Crippen LogP contribution in [0.15, 0.2) is 53.5 Å². The molecule has 0 fully saturated rings. The molecule has 2 heterocycles. The molecule has 0 unspecified atom stereocenters. The SMILES string of the molecule is C[C@@H](CO)NC(=O)c1cc(-c2ccc(Cl)cn2)nn(-c2cccc(F)c2)c1=O. The van der Waals surface area contributed by atoms with Crippen molar-refractivity contribution in [3.63, 3.8) is 0 Å². The lowest BCUT2D eigenvalue weighted by atomic mass is 10.1. The number of carbonyl (C=O) groups is 1. The van der Waals surface area contributed by atoms with E-state index < -0.39 is 23.3 Å². The molecule has 2 N–H and O–H groups in total. The van der Waals surface area contributed by atoms with E-state index in [1.807, 2.05) is 0 Å². The molecule has 0 aliphatic carbocycles. The first-order chi connectivity index (χ1) is 13.4. The Labute approximate surface area is 164 Å². The smallest absolute Gasteiger partial charge is 0.284 e. The van der Waals surface area contributed by atoms with E-state index in [0.717, 1.165) is 10.7 Å². The quantitative estimate of drug-likeness (QED) is 0.682. The second-order valence-corrected chi connectivity index (χ2v) is 6.50. The number of rotatable bonds is 5. The third-order valence-corrected chi connectivity index (χ3v) is 4.07. The molecule has 7 nitrogen and oxygen atoms in total. The molecular formula is C19H16ClFN4O3. The Hall–Kier alpha value is -3.10. The minimum absolute atomic E-state index is 0.157. The lowest BCUT2D eigenvalue weighted by Crippen LogP contribution is -2.39. The number of hydrogen-bond acceptors (Lipinski definition) is 5. The Morgan fingerprint density at radius 2 is 2.07 bits per heavy atom. The van der Waals surface area contributed by atoms with E-state index in [1.165, 1.54) is 30.5 Å². The molecule has 1 amide bonds. The van der Waals surface area contributed by atoms with Crippen LogP contribution >= 0.6 is 11.6 Å². The average Bonchev–Trinajstić information content (AvgIpc) is 2.68. The van der Waals surface area contributed by atoms with Gasteiger partial charge in [-0.05, 0) is 43.3 Å². The van der Waals surface area contributed by atoms with Crippen molar-refractivity contribution in [2.45, 2.75) is 13.0 Å². The van der Waals surface area contributed by atoms with E-state index in [0.29, 0.717) is 10.7 Å². The molecule has 3 aromatic rings. The minimum atomic E-state index is -0.731. The highest BCUT2D eigenvalue weighted by Gasteiger charge is 2.19. The van der Waals surface area contributed by atoms with Crippen LogP contribution in [0.25, 0.3) is 17.1 Å². The number of aliphatic hydroxyl groups is 1. The zero-order valence-electron chi connectivity index (χ0n) is 14.8. The summed E-state index contributed by atoms with van der Waals surface area (Å²) in [6.45, 7) is 1.30. The number of pyridine rings is 1. The molecule has 1 atom stereocenters. The maximum atomic E-state index is 13.7. The van der Waals surface area contributed by atoms with Gasteiger partial charge in [0.2, 0.25) is 0 Å². The summed E-state index contributed by atoms with van der Waals surface area (Å²) >= 11 is 5.86. The molecule has 0 spiro atoms. The van der Waals surface area contributed by atoms with Crippen molar-refractivity contribution in [1.82, 2.24) is 20.1 Å².